The summed E-state index contributed by atoms with van der Waals surface area (Å²) in [5.41, 5.74) is 2.48. The molecule has 0 amide bonds. The number of fused-ring (bicyclic) bond motifs is 1. The Labute approximate surface area is 92.6 Å². The third-order valence-corrected chi connectivity index (χ3v) is 3.01. The van der Waals surface area contributed by atoms with Crippen LogP contribution in [0.3, 0.4) is 0 Å². The van der Waals surface area contributed by atoms with Crippen LogP contribution in [-0.4, -0.2) is 6.98 Å². The fourth-order valence-corrected chi connectivity index (χ4v) is 2.28. The van der Waals surface area contributed by atoms with Crippen LogP contribution in [0.5, 0.6) is 0 Å². The molecule has 0 fully saturated rings. The van der Waals surface area contributed by atoms with Gasteiger partial charge in [-0.1, -0.05) is 38.8 Å². The maximum Gasteiger partial charge on any atom is 0.370 e. The first-order chi connectivity index (χ1) is 7.29. The van der Waals surface area contributed by atoms with E-state index in [4.69, 9.17) is 0 Å². The van der Waals surface area contributed by atoms with Crippen LogP contribution in [0.25, 0.3) is 0 Å². The molecule has 2 N–H and O–H groups in total. The number of rotatable bonds is 4. The minimum absolute atomic E-state index is 0.420. The number of anilines is 2. The SMILES string of the molecule is CCCC(C)CB1Nc2ccccc2N1. The zero-order valence-corrected chi connectivity index (χ0v) is 9.59. The third kappa shape index (κ3) is 2.47. The molecule has 0 aromatic heterocycles. The average molecular weight is 202 g/mol. The van der Waals surface area contributed by atoms with E-state index in [0.717, 1.165) is 5.92 Å². The van der Waals surface area contributed by atoms with E-state index in [0.29, 0.717) is 6.98 Å². The summed E-state index contributed by atoms with van der Waals surface area (Å²) in [5.74, 6) is 0.786. The van der Waals surface area contributed by atoms with Gasteiger partial charge in [0, 0.05) is 11.4 Å². The molecule has 0 aliphatic carbocycles. The van der Waals surface area contributed by atoms with Gasteiger partial charge in [0.25, 0.3) is 0 Å². The van der Waals surface area contributed by atoms with Gasteiger partial charge in [-0.3, -0.25) is 0 Å². The summed E-state index contributed by atoms with van der Waals surface area (Å²) in [7, 11) is 0. The highest BCUT2D eigenvalue weighted by Crippen LogP contribution is 2.29. The van der Waals surface area contributed by atoms with Gasteiger partial charge in [-0.25, -0.2) is 0 Å². The van der Waals surface area contributed by atoms with Gasteiger partial charge in [-0.05, 0) is 24.4 Å². The Kier molecular flexibility index (Phi) is 3.19. The van der Waals surface area contributed by atoms with E-state index in [1.54, 1.807) is 0 Å². The molecule has 15 heavy (non-hydrogen) atoms. The van der Waals surface area contributed by atoms with E-state index in [-0.39, 0.29) is 0 Å². The molecule has 0 bridgehead atoms. The van der Waals surface area contributed by atoms with Gasteiger partial charge in [-0.2, -0.15) is 0 Å². The van der Waals surface area contributed by atoms with Crippen molar-refractivity contribution in [2.75, 3.05) is 10.5 Å². The predicted molar refractivity (Wildman–Crippen MR) is 68.3 cm³/mol. The second-order valence-corrected chi connectivity index (χ2v) is 4.52. The van der Waals surface area contributed by atoms with Crippen molar-refractivity contribution < 1.29 is 0 Å². The standard InChI is InChI=1S/C12H19BN2/c1-3-6-10(2)9-13-14-11-7-4-5-8-12(11)15-13/h4-5,7-8,10,14-15H,3,6,9H2,1-2H3. The molecular weight excluding hydrogens is 183 g/mol. The molecule has 1 unspecified atom stereocenters. The number of benzene rings is 1. The molecule has 1 aliphatic rings. The van der Waals surface area contributed by atoms with E-state index in [9.17, 15) is 0 Å². The Bertz CT molecular complexity index is 302. The maximum atomic E-state index is 3.51. The average Bonchev–Trinajstić information content (AvgIpc) is 2.59. The Morgan fingerprint density at radius 1 is 1.20 bits per heavy atom. The number of para-hydroxylation sites is 2. The first-order valence-electron chi connectivity index (χ1n) is 5.91. The molecule has 80 valence electrons. The second kappa shape index (κ2) is 4.60. The molecule has 2 rings (SSSR count). The van der Waals surface area contributed by atoms with Crippen LogP contribution < -0.4 is 10.5 Å². The van der Waals surface area contributed by atoms with E-state index >= 15 is 0 Å². The van der Waals surface area contributed by atoms with Gasteiger partial charge >= 0.3 is 6.98 Å². The molecular formula is C12H19BN2. The highest BCUT2D eigenvalue weighted by Gasteiger charge is 2.25. The van der Waals surface area contributed by atoms with Gasteiger partial charge in [0.05, 0.1) is 0 Å². The minimum atomic E-state index is 0.420. The fraction of sp³-hybridized carbons (Fsp3) is 0.500. The smallest absolute Gasteiger partial charge is 0.370 e. The summed E-state index contributed by atoms with van der Waals surface area (Å²) >= 11 is 0. The fourth-order valence-electron chi connectivity index (χ4n) is 2.28. The molecule has 0 saturated heterocycles. The maximum absolute atomic E-state index is 3.51. The van der Waals surface area contributed by atoms with Crippen LogP contribution in [-0.2, 0) is 0 Å². The topological polar surface area (TPSA) is 24.1 Å². The van der Waals surface area contributed by atoms with Crippen LogP contribution in [0.4, 0.5) is 11.4 Å². The molecule has 1 heterocycles. The van der Waals surface area contributed by atoms with Gasteiger partial charge in [0.2, 0.25) is 0 Å². The molecule has 1 aliphatic heterocycles. The van der Waals surface area contributed by atoms with Crippen molar-refractivity contribution in [1.82, 2.24) is 0 Å². The van der Waals surface area contributed by atoms with E-state index < -0.39 is 0 Å². The Hall–Kier alpha value is -1.12. The molecule has 1 atom stereocenters. The van der Waals surface area contributed by atoms with Crippen molar-refractivity contribution in [3.8, 4) is 0 Å². The summed E-state index contributed by atoms with van der Waals surface area (Å²) in [4.78, 5) is 0. The molecule has 2 nitrogen and oxygen atoms in total. The lowest BCUT2D eigenvalue weighted by molar-refractivity contribution is 0.571. The van der Waals surface area contributed by atoms with Crippen molar-refractivity contribution in [3.63, 3.8) is 0 Å². The highest BCUT2D eigenvalue weighted by molar-refractivity contribution is 6.68. The van der Waals surface area contributed by atoms with Crippen LogP contribution in [0.2, 0.25) is 6.32 Å². The van der Waals surface area contributed by atoms with Crippen molar-refractivity contribution >= 4 is 18.4 Å². The highest BCUT2D eigenvalue weighted by atomic mass is 15.0. The minimum Gasteiger partial charge on any atom is -0.408 e. The summed E-state index contributed by atoms with van der Waals surface area (Å²) in [6.07, 6.45) is 3.79. The molecule has 0 saturated carbocycles. The molecule has 1 aromatic rings. The number of hydrogen-bond donors (Lipinski definition) is 2. The number of nitrogens with one attached hydrogen (secondary N) is 2. The lowest BCUT2D eigenvalue weighted by atomic mass is 9.68. The van der Waals surface area contributed by atoms with Crippen LogP contribution in [0.1, 0.15) is 26.7 Å². The van der Waals surface area contributed by atoms with E-state index in [2.05, 4.69) is 48.6 Å². The summed E-state index contributed by atoms with van der Waals surface area (Å²) in [6.45, 7) is 5.00. The lowest BCUT2D eigenvalue weighted by Gasteiger charge is -2.13. The van der Waals surface area contributed by atoms with Crippen LogP contribution in [0, 0.1) is 5.92 Å². The van der Waals surface area contributed by atoms with Gasteiger partial charge in [0.1, 0.15) is 0 Å². The number of hydrogen-bond acceptors (Lipinski definition) is 2. The monoisotopic (exact) mass is 202 g/mol. The van der Waals surface area contributed by atoms with Crippen molar-refractivity contribution in [3.05, 3.63) is 24.3 Å². The van der Waals surface area contributed by atoms with Gasteiger partial charge < -0.3 is 10.5 Å². The zero-order chi connectivity index (χ0) is 10.7. The van der Waals surface area contributed by atoms with E-state index in [1.807, 2.05) is 0 Å². The molecule has 0 radical (unpaired) electrons. The van der Waals surface area contributed by atoms with E-state index in [1.165, 1.54) is 30.5 Å². The van der Waals surface area contributed by atoms with Crippen molar-refractivity contribution in [2.24, 2.45) is 5.92 Å². The lowest BCUT2D eigenvalue weighted by Crippen LogP contribution is -2.30. The molecule has 3 heteroatoms. The second-order valence-electron chi connectivity index (χ2n) is 4.52. The zero-order valence-electron chi connectivity index (χ0n) is 9.59. The summed E-state index contributed by atoms with van der Waals surface area (Å²) in [5, 5.41) is 7.03. The third-order valence-electron chi connectivity index (χ3n) is 3.01. The van der Waals surface area contributed by atoms with Crippen LogP contribution >= 0.6 is 0 Å². The van der Waals surface area contributed by atoms with Crippen molar-refractivity contribution in [2.45, 2.75) is 33.0 Å². The van der Waals surface area contributed by atoms with Gasteiger partial charge in [0.15, 0.2) is 0 Å². The molecule has 0 spiro atoms. The summed E-state index contributed by atoms with van der Waals surface area (Å²) in [6, 6.07) is 8.41. The Morgan fingerprint density at radius 2 is 1.80 bits per heavy atom. The van der Waals surface area contributed by atoms with Crippen molar-refractivity contribution in [1.29, 1.82) is 0 Å². The Morgan fingerprint density at radius 3 is 2.33 bits per heavy atom. The quantitative estimate of drug-likeness (QED) is 0.730. The predicted octanol–water partition coefficient (Wildman–Crippen LogP) is 3.45. The first-order valence-corrected chi connectivity index (χ1v) is 5.91. The summed E-state index contributed by atoms with van der Waals surface area (Å²) < 4.78 is 0. The normalized spacial score (nSPS) is 15.5. The van der Waals surface area contributed by atoms with Gasteiger partial charge in [-0.15, -0.1) is 0 Å². The first kappa shape index (κ1) is 10.4. The largest absolute Gasteiger partial charge is 0.408 e. The van der Waals surface area contributed by atoms with Crippen LogP contribution in [0.15, 0.2) is 24.3 Å². The molecule has 1 aromatic carbocycles. The Balaban J connectivity index is 1.90.